The Kier molecular flexibility index (Phi) is 3.60. The summed E-state index contributed by atoms with van der Waals surface area (Å²) < 4.78 is 5.26. The molecule has 0 saturated carbocycles. The van der Waals surface area contributed by atoms with Crippen molar-refractivity contribution in [3.63, 3.8) is 0 Å². The Morgan fingerprint density at radius 3 is 3.05 bits per heavy atom. The van der Waals surface area contributed by atoms with E-state index in [1.807, 2.05) is 12.1 Å². The van der Waals surface area contributed by atoms with Gasteiger partial charge < -0.3 is 10.1 Å². The number of rotatable bonds is 2. The summed E-state index contributed by atoms with van der Waals surface area (Å²) >= 11 is 0. The SMILES string of the molecule is COc1ccc2c(C3CCCNCC3)ncnc2c1. The van der Waals surface area contributed by atoms with Crippen LogP contribution in [0.25, 0.3) is 10.9 Å². The average molecular weight is 257 g/mol. The summed E-state index contributed by atoms with van der Waals surface area (Å²) in [6, 6.07) is 6.06. The molecule has 1 N–H and O–H groups in total. The quantitative estimate of drug-likeness (QED) is 0.898. The second-order valence-corrected chi connectivity index (χ2v) is 5.02. The summed E-state index contributed by atoms with van der Waals surface area (Å²) in [6.07, 6.45) is 5.24. The van der Waals surface area contributed by atoms with Gasteiger partial charge in [-0.05, 0) is 44.5 Å². The second-order valence-electron chi connectivity index (χ2n) is 5.02. The van der Waals surface area contributed by atoms with E-state index in [0.29, 0.717) is 5.92 Å². The van der Waals surface area contributed by atoms with Crippen LogP contribution in [0.5, 0.6) is 5.75 Å². The zero-order chi connectivity index (χ0) is 13.1. The van der Waals surface area contributed by atoms with Crippen LogP contribution in [0.15, 0.2) is 24.5 Å². The summed E-state index contributed by atoms with van der Waals surface area (Å²) in [5.41, 5.74) is 2.16. The zero-order valence-corrected chi connectivity index (χ0v) is 11.2. The molecule has 0 amide bonds. The van der Waals surface area contributed by atoms with Crippen LogP contribution >= 0.6 is 0 Å². The second kappa shape index (κ2) is 5.53. The summed E-state index contributed by atoms with van der Waals surface area (Å²) in [6.45, 7) is 2.19. The van der Waals surface area contributed by atoms with Gasteiger partial charge in [-0.2, -0.15) is 0 Å². The molecule has 0 radical (unpaired) electrons. The Bertz CT molecular complexity index is 562. The van der Waals surface area contributed by atoms with E-state index in [2.05, 4.69) is 21.4 Å². The first-order valence-corrected chi connectivity index (χ1v) is 6.88. The first-order valence-electron chi connectivity index (χ1n) is 6.88. The summed E-state index contributed by atoms with van der Waals surface area (Å²) in [4.78, 5) is 8.91. The third-order valence-corrected chi connectivity index (χ3v) is 3.84. The number of benzene rings is 1. The van der Waals surface area contributed by atoms with Gasteiger partial charge in [0.25, 0.3) is 0 Å². The third kappa shape index (κ3) is 2.54. The average Bonchev–Trinajstić information content (AvgIpc) is 2.75. The lowest BCUT2D eigenvalue weighted by Gasteiger charge is -2.15. The molecule has 100 valence electrons. The van der Waals surface area contributed by atoms with Gasteiger partial charge in [0.2, 0.25) is 0 Å². The first kappa shape index (κ1) is 12.4. The van der Waals surface area contributed by atoms with Crippen molar-refractivity contribution < 1.29 is 4.74 Å². The van der Waals surface area contributed by atoms with Crippen molar-refractivity contribution in [3.8, 4) is 5.75 Å². The van der Waals surface area contributed by atoms with Gasteiger partial charge in [0.15, 0.2) is 0 Å². The van der Waals surface area contributed by atoms with Crippen LogP contribution in [0.3, 0.4) is 0 Å². The minimum Gasteiger partial charge on any atom is -0.497 e. The molecule has 3 rings (SSSR count). The van der Waals surface area contributed by atoms with Crippen molar-refractivity contribution in [2.45, 2.75) is 25.2 Å². The maximum Gasteiger partial charge on any atom is 0.121 e. The Balaban J connectivity index is 2.02. The summed E-state index contributed by atoms with van der Waals surface area (Å²) in [7, 11) is 1.68. The fourth-order valence-corrected chi connectivity index (χ4v) is 2.80. The summed E-state index contributed by atoms with van der Waals surface area (Å²) in [5, 5.41) is 4.61. The van der Waals surface area contributed by atoms with E-state index in [9.17, 15) is 0 Å². The minimum atomic E-state index is 0.536. The van der Waals surface area contributed by atoms with Gasteiger partial charge in [-0.1, -0.05) is 0 Å². The van der Waals surface area contributed by atoms with E-state index in [0.717, 1.165) is 36.2 Å². The van der Waals surface area contributed by atoms with Gasteiger partial charge >= 0.3 is 0 Å². The van der Waals surface area contributed by atoms with Crippen LogP contribution in [-0.2, 0) is 0 Å². The van der Waals surface area contributed by atoms with Crippen molar-refractivity contribution in [2.75, 3.05) is 20.2 Å². The monoisotopic (exact) mass is 257 g/mol. The number of nitrogens with one attached hydrogen (secondary N) is 1. The molecule has 0 aliphatic carbocycles. The zero-order valence-electron chi connectivity index (χ0n) is 11.2. The van der Waals surface area contributed by atoms with Crippen LogP contribution in [0.1, 0.15) is 30.9 Å². The molecule has 1 aliphatic heterocycles. The fraction of sp³-hybridized carbons (Fsp3) is 0.467. The number of hydrogen-bond donors (Lipinski definition) is 1. The lowest BCUT2D eigenvalue weighted by Crippen LogP contribution is -2.14. The minimum absolute atomic E-state index is 0.536. The van der Waals surface area contributed by atoms with Gasteiger partial charge in [0.1, 0.15) is 12.1 Å². The maximum absolute atomic E-state index is 5.26. The highest BCUT2D eigenvalue weighted by Gasteiger charge is 2.18. The molecule has 4 nitrogen and oxygen atoms in total. The topological polar surface area (TPSA) is 47.0 Å². The van der Waals surface area contributed by atoms with E-state index >= 15 is 0 Å². The van der Waals surface area contributed by atoms with Crippen LogP contribution in [0.2, 0.25) is 0 Å². The van der Waals surface area contributed by atoms with Gasteiger partial charge in [0.05, 0.1) is 18.3 Å². The Labute approximate surface area is 113 Å². The van der Waals surface area contributed by atoms with E-state index in [1.54, 1.807) is 13.4 Å². The number of fused-ring (bicyclic) bond motifs is 1. The van der Waals surface area contributed by atoms with Crippen molar-refractivity contribution in [3.05, 3.63) is 30.2 Å². The van der Waals surface area contributed by atoms with Gasteiger partial charge in [-0.3, -0.25) is 0 Å². The van der Waals surface area contributed by atoms with E-state index in [-0.39, 0.29) is 0 Å². The first-order chi connectivity index (χ1) is 9.38. The van der Waals surface area contributed by atoms with E-state index in [1.165, 1.54) is 18.5 Å². The molecule has 19 heavy (non-hydrogen) atoms. The number of ether oxygens (including phenoxy) is 1. The van der Waals surface area contributed by atoms with Crippen LogP contribution in [0, 0.1) is 0 Å². The molecule has 1 saturated heterocycles. The smallest absolute Gasteiger partial charge is 0.121 e. The molecular weight excluding hydrogens is 238 g/mol. The molecule has 1 unspecified atom stereocenters. The van der Waals surface area contributed by atoms with Gasteiger partial charge in [0, 0.05) is 17.4 Å². The van der Waals surface area contributed by atoms with Crippen molar-refractivity contribution in [1.29, 1.82) is 0 Å². The summed E-state index contributed by atoms with van der Waals surface area (Å²) in [5.74, 6) is 1.38. The molecule has 1 aromatic heterocycles. The van der Waals surface area contributed by atoms with Crippen LogP contribution < -0.4 is 10.1 Å². The van der Waals surface area contributed by atoms with Crippen molar-refractivity contribution >= 4 is 10.9 Å². The molecule has 4 heteroatoms. The third-order valence-electron chi connectivity index (χ3n) is 3.84. The molecule has 2 heterocycles. The molecule has 0 spiro atoms. The largest absolute Gasteiger partial charge is 0.497 e. The van der Waals surface area contributed by atoms with E-state index < -0.39 is 0 Å². The highest BCUT2D eigenvalue weighted by molar-refractivity contribution is 5.82. The molecule has 0 bridgehead atoms. The van der Waals surface area contributed by atoms with Gasteiger partial charge in [-0.15, -0.1) is 0 Å². The molecule has 1 fully saturated rings. The highest BCUT2D eigenvalue weighted by atomic mass is 16.5. The predicted octanol–water partition coefficient (Wildman–Crippen LogP) is 2.50. The molecule has 1 aromatic carbocycles. The lowest BCUT2D eigenvalue weighted by atomic mass is 9.94. The lowest BCUT2D eigenvalue weighted by molar-refractivity contribution is 0.415. The highest BCUT2D eigenvalue weighted by Crippen LogP contribution is 2.30. The predicted molar refractivity (Wildman–Crippen MR) is 75.6 cm³/mol. The van der Waals surface area contributed by atoms with E-state index in [4.69, 9.17) is 4.74 Å². The van der Waals surface area contributed by atoms with Crippen LogP contribution in [0.4, 0.5) is 0 Å². The molecule has 1 atom stereocenters. The van der Waals surface area contributed by atoms with Crippen molar-refractivity contribution in [2.24, 2.45) is 0 Å². The number of methoxy groups -OCH3 is 1. The number of nitrogens with zero attached hydrogens (tertiary/aromatic N) is 2. The molecule has 2 aromatic rings. The Morgan fingerprint density at radius 2 is 2.16 bits per heavy atom. The molecule has 1 aliphatic rings. The standard InChI is InChI=1S/C15H19N3O/c1-19-12-4-5-13-14(9-12)17-10-18-15(13)11-3-2-7-16-8-6-11/h4-5,9-11,16H,2-3,6-8H2,1H3. The van der Waals surface area contributed by atoms with Crippen molar-refractivity contribution in [1.82, 2.24) is 15.3 Å². The Hall–Kier alpha value is -1.68. The van der Waals surface area contributed by atoms with Gasteiger partial charge in [-0.25, -0.2) is 9.97 Å². The fourth-order valence-electron chi connectivity index (χ4n) is 2.80. The maximum atomic E-state index is 5.26. The number of hydrogen-bond acceptors (Lipinski definition) is 4. The van der Waals surface area contributed by atoms with Crippen LogP contribution in [-0.4, -0.2) is 30.2 Å². The normalized spacial score (nSPS) is 20.2. The Morgan fingerprint density at radius 1 is 1.21 bits per heavy atom. The molecular formula is C15H19N3O. The number of aromatic nitrogens is 2.